The van der Waals surface area contributed by atoms with Crippen molar-refractivity contribution in [3.05, 3.63) is 106 Å². The molecule has 5 rings (SSSR count). The summed E-state index contributed by atoms with van der Waals surface area (Å²) >= 11 is 6.36. The quantitative estimate of drug-likeness (QED) is 0.149. The molecule has 3 aromatic heterocycles. The number of aliphatic hydroxyl groups is 1. The summed E-state index contributed by atoms with van der Waals surface area (Å²) in [5, 5.41) is 22.9. The van der Waals surface area contributed by atoms with Crippen LogP contribution >= 0.6 is 11.6 Å². The predicted octanol–water partition coefficient (Wildman–Crippen LogP) is 7.19. The van der Waals surface area contributed by atoms with Crippen molar-refractivity contribution in [1.29, 1.82) is 0 Å². The molecule has 0 aliphatic rings. The minimum atomic E-state index is -5.07. The predicted molar refractivity (Wildman–Crippen MR) is 144 cm³/mol. The number of halogens is 7. The molecule has 0 atom stereocenters. The van der Waals surface area contributed by atoms with Crippen LogP contribution < -0.4 is 0 Å². The first-order chi connectivity index (χ1) is 20.6. The summed E-state index contributed by atoms with van der Waals surface area (Å²) in [6.07, 6.45) is -7.40. The van der Waals surface area contributed by atoms with Crippen LogP contribution in [0.1, 0.15) is 52.3 Å². The zero-order chi connectivity index (χ0) is 32.0. The Morgan fingerprint density at radius 3 is 2.14 bits per heavy atom. The number of carbonyl (C=O) groups is 1. The summed E-state index contributed by atoms with van der Waals surface area (Å²) in [6, 6.07) is 10.4. The van der Waals surface area contributed by atoms with Gasteiger partial charge in [-0.25, -0.2) is 4.68 Å². The maximum atomic E-state index is 14.2. The van der Waals surface area contributed by atoms with Crippen LogP contribution in [0, 0.1) is 0 Å². The summed E-state index contributed by atoms with van der Waals surface area (Å²) in [5.41, 5.74) is -5.35. The van der Waals surface area contributed by atoms with Crippen LogP contribution in [-0.4, -0.2) is 36.0 Å². The second kappa shape index (κ2) is 11.2. The minimum absolute atomic E-state index is 0.0177. The van der Waals surface area contributed by atoms with E-state index >= 15 is 0 Å². The van der Waals surface area contributed by atoms with Crippen molar-refractivity contribution in [1.82, 2.24) is 25.1 Å². The maximum absolute atomic E-state index is 14.2. The number of nitrogens with zero attached hydrogens (tertiary/aromatic N) is 5. The molecule has 3 heterocycles. The van der Waals surface area contributed by atoms with Crippen LogP contribution in [0.3, 0.4) is 0 Å². The van der Waals surface area contributed by atoms with Gasteiger partial charge in [0.05, 0.1) is 28.3 Å². The zero-order valence-electron chi connectivity index (χ0n) is 22.7. The summed E-state index contributed by atoms with van der Waals surface area (Å²) in [6.45, 7) is 2.11. The fourth-order valence-electron chi connectivity index (χ4n) is 4.52. The van der Waals surface area contributed by atoms with Gasteiger partial charge in [0.25, 0.3) is 0 Å². The Hall–Kier alpha value is -4.56. The highest BCUT2D eigenvalue weighted by molar-refractivity contribution is 6.33. The molecule has 0 unspecified atom stereocenters. The lowest BCUT2D eigenvalue weighted by atomic mass is 9.92. The van der Waals surface area contributed by atoms with E-state index in [1.807, 2.05) is 0 Å². The van der Waals surface area contributed by atoms with E-state index in [0.29, 0.717) is 12.1 Å². The van der Waals surface area contributed by atoms with Crippen molar-refractivity contribution < 1.29 is 40.8 Å². The van der Waals surface area contributed by atoms with Gasteiger partial charge >= 0.3 is 12.4 Å². The fraction of sp³-hybridized carbons (Fsp3) is 0.207. The second-order valence-electron chi connectivity index (χ2n) is 10.2. The van der Waals surface area contributed by atoms with E-state index in [1.54, 1.807) is 24.3 Å². The molecule has 0 radical (unpaired) electrons. The lowest BCUT2D eigenvalue weighted by Gasteiger charge is -2.16. The maximum Gasteiger partial charge on any atom is 0.416 e. The van der Waals surface area contributed by atoms with E-state index in [4.69, 9.17) is 16.1 Å². The SMILES string of the molecule is CC(C)(O)c1noc(-c2ccccc2Cl)c1C(=O)c1nnn(Cc2cc(C(F)(F)F)cc(C(F)(F)F)c2)c1-c1ccncc1. The Bertz CT molecular complexity index is 1810. The highest BCUT2D eigenvalue weighted by Gasteiger charge is 2.38. The van der Waals surface area contributed by atoms with Gasteiger partial charge < -0.3 is 9.63 Å². The molecule has 0 amide bonds. The third-order valence-corrected chi connectivity index (χ3v) is 6.83. The van der Waals surface area contributed by atoms with Crippen LogP contribution in [0.2, 0.25) is 5.02 Å². The molecular weight excluding hydrogens is 616 g/mol. The highest BCUT2D eigenvalue weighted by atomic mass is 35.5. The molecule has 2 aromatic carbocycles. The number of hydrogen-bond donors (Lipinski definition) is 1. The van der Waals surface area contributed by atoms with Crippen LogP contribution in [0.4, 0.5) is 26.3 Å². The van der Waals surface area contributed by atoms with Gasteiger partial charge in [-0.05, 0) is 61.9 Å². The first-order valence-electron chi connectivity index (χ1n) is 12.7. The number of ketones is 1. The number of aromatic nitrogens is 5. The first-order valence-corrected chi connectivity index (χ1v) is 13.1. The van der Waals surface area contributed by atoms with E-state index < -0.39 is 47.0 Å². The standard InChI is InChI=1S/C29H20ClF6N5O3/c1-27(2,43)26-21(25(44-39-26)19-5-3-4-6-20(19)30)24(42)22-23(16-7-9-37-10-8-16)41(40-38-22)14-15-11-17(28(31,32)33)13-18(12-15)29(34,35)36/h3-13,43H,14H2,1-2H3. The van der Waals surface area contributed by atoms with Gasteiger partial charge in [-0.15, -0.1) is 5.10 Å². The lowest BCUT2D eigenvalue weighted by molar-refractivity contribution is -0.143. The Balaban J connectivity index is 1.70. The lowest BCUT2D eigenvalue weighted by Crippen LogP contribution is -2.21. The Morgan fingerprint density at radius 2 is 1.57 bits per heavy atom. The Morgan fingerprint density at radius 1 is 0.955 bits per heavy atom. The van der Waals surface area contributed by atoms with Gasteiger partial charge in [0, 0.05) is 23.5 Å². The van der Waals surface area contributed by atoms with E-state index in [9.17, 15) is 36.2 Å². The molecule has 44 heavy (non-hydrogen) atoms. The molecular formula is C29H20ClF6N5O3. The zero-order valence-corrected chi connectivity index (χ0v) is 23.5. The van der Waals surface area contributed by atoms with Gasteiger partial charge in [0.2, 0.25) is 5.78 Å². The normalized spacial score (nSPS) is 12.5. The molecule has 0 aliphatic heterocycles. The van der Waals surface area contributed by atoms with E-state index in [2.05, 4.69) is 20.5 Å². The van der Waals surface area contributed by atoms with Crippen LogP contribution in [-0.2, 0) is 24.5 Å². The summed E-state index contributed by atoms with van der Waals surface area (Å²) in [7, 11) is 0. The Kier molecular flexibility index (Phi) is 7.84. The molecule has 0 fully saturated rings. The summed E-state index contributed by atoms with van der Waals surface area (Å²) in [4.78, 5) is 18.2. The number of rotatable bonds is 7. The molecule has 1 N–H and O–H groups in total. The molecule has 228 valence electrons. The van der Waals surface area contributed by atoms with Gasteiger partial charge in [0.15, 0.2) is 11.5 Å². The number of benzene rings is 2. The van der Waals surface area contributed by atoms with Crippen molar-refractivity contribution in [2.75, 3.05) is 0 Å². The van der Waals surface area contributed by atoms with E-state index in [-0.39, 0.29) is 50.6 Å². The molecule has 0 saturated heterocycles. The molecule has 8 nitrogen and oxygen atoms in total. The van der Waals surface area contributed by atoms with Crippen LogP contribution in [0.25, 0.3) is 22.6 Å². The fourth-order valence-corrected chi connectivity index (χ4v) is 4.74. The topological polar surface area (TPSA) is 107 Å². The molecule has 0 saturated carbocycles. The van der Waals surface area contributed by atoms with Crippen molar-refractivity contribution in [2.45, 2.75) is 38.3 Å². The van der Waals surface area contributed by atoms with Crippen molar-refractivity contribution in [3.63, 3.8) is 0 Å². The van der Waals surface area contributed by atoms with E-state index in [0.717, 1.165) is 4.68 Å². The molecule has 0 bridgehead atoms. The molecule has 0 spiro atoms. The molecule has 5 aromatic rings. The average Bonchev–Trinajstić information content (AvgIpc) is 3.57. The summed E-state index contributed by atoms with van der Waals surface area (Å²) < 4.78 is 87.6. The highest BCUT2D eigenvalue weighted by Crippen LogP contribution is 2.39. The summed E-state index contributed by atoms with van der Waals surface area (Å²) in [5.74, 6) is -0.947. The number of pyridine rings is 1. The number of alkyl halides is 6. The Labute approximate surface area is 249 Å². The van der Waals surface area contributed by atoms with Gasteiger partial charge in [-0.3, -0.25) is 9.78 Å². The largest absolute Gasteiger partial charge is 0.416 e. The first kappa shape index (κ1) is 30.9. The van der Waals surface area contributed by atoms with Crippen molar-refractivity contribution in [3.8, 4) is 22.6 Å². The average molecular weight is 636 g/mol. The van der Waals surface area contributed by atoms with E-state index in [1.165, 1.54) is 38.4 Å². The third-order valence-electron chi connectivity index (χ3n) is 6.50. The monoisotopic (exact) mass is 635 g/mol. The number of hydrogen-bond acceptors (Lipinski definition) is 7. The van der Waals surface area contributed by atoms with Gasteiger partial charge in [-0.2, -0.15) is 26.3 Å². The molecule has 0 aliphatic carbocycles. The second-order valence-corrected chi connectivity index (χ2v) is 10.6. The smallest absolute Gasteiger partial charge is 0.384 e. The van der Waals surface area contributed by atoms with Crippen molar-refractivity contribution in [2.24, 2.45) is 0 Å². The van der Waals surface area contributed by atoms with Crippen LogP contribution in [0.5, 0.6) is 0 Å². The minimum Gasteiger partial charge on any atom is -0.384 e. The molecule has 15 heteroatoms. The van der Waals surface area contributed by atoms with Gasteiger partial charge in [0.1, 0.15) is 17.0 Å². The van der Waals surface area contributed by atoms with Gasteiger partial charge in [-0.1, -0.05) is 34.1 Å². The van der Waals surface area contributed by atoms with Crippen molar-refractivity contribution >= 4 is 17.4 Å². The van der Waals surface area contributed by atoms with Crippen LogP contribution in [0.15, 0.2) is 71.5 Å². The number of carbonyl (C=O) groups excluding carboxylic acids is 1. The third kappa shape index (κ3) is 6.08.